The minimum Gasteiger partial charge on any atom is -0.294 e. The number of hydrogen-bond donors (Lipinski definition) is 0. The van der Waals surface area contributed by atoms with Crippen molar-refractivity contribution >= 4 is 21.8 Å². The Morgan fingerprint density at radius 1 is 0.451 bits per heavy atom. The van der Waals surface area contributed by atoms with Gasteiger partial charge in [-0.05, 0) is 65.1 Å². The highest BCUT2D eigenvalue weighted by Crippen LogP contribution is 2.54. The van der Waals surface area contributed by atoms with E-state index in [-0.39, 0.29) is 5.41 Å². The topological polar surface area (TPSA) is 56.5 Å². The molecule has 0 aliphatic heterocycles. The lowest BCUT2D eigenvalue weighted by Gasteiger charge is -2.28. The Balaban J connectivity index is 1.15. The normalized spacial score (nSPS) is 14.8. The van der Waals surface area contributed by atoms with Crippen LogP contribution in [0.5, 0.6) is 0 Å². The molecule has 240 valence electrons. The molecule has 3 aromatic heterocycles. The number of nitrogens with zero attached hydrogens (tertiary/aromatic N) is 5. The Morgan fingerprint density at radius 3 is 1.71 bits per heavy atom. The van der Waals surface area contributed by atoms with Crippen molar-refractivity contribution in [3.05, 3.63) is 187 Å². The minimum absolute atomic E-state index is 0.300. The van der Waals surface area contributed by atoms with Gasteiger partial charge in [0.25, 0.3) is 0 Å². The maximum Gasteiger partial charge on any atom is 0.165 e. The van der Waals surface area contributed by atoms with Gasteiger partial charge in [0.1, 0.15) is 5.82 Å². The number of fused-ring (bicyclic) bond motifs is 6. The highest BCUT2D eigenvalue weighted by molar-refractivity contribution is 6.11. The number of para-hydroxylation sites is 1. The van der Waals surface area contributed by atoms with Gasteiger partial charge in [0.2, 0.25) is 0 Å². The first kappa shape index (κ1) is 29.2. The monoisotopic (exact) mass is 653 g/mol. The third kappa shape index (κ3) is 4.55. The molecular weight excluding hydrogens is 623 g/mol. The summed E-state index contributed by atoms with van der Waals surface area (Å²) in [5.41, 5.74) is 11.1. The molecule has 0 amide bonds. The summed E-state index contributed by atoms with van der Waals surface area (Å²) in [6.07, 6.45) is 1.88. The smallest absolute Gasteiger partial charge is 0.165 e. The first-order chi connectivity index (χ1) is 25.2. The summed E-state index contributed by atoms with van der Waals surface area (Å²) in [5.74, 6) is 2.67. The average Bonchev–Trinajstić information content (AvgIpc) is 3.67. The quantitative estimate of drug-likeness (QED) is 0.185. The predicted octanol–water partition coefficient (Wildman–Crippen LogP) is 10.7. The van der Waals surface area contributed by atoms with E-state index in [2.05, 4.69) is 115 Å². The summed E-state index contributed by atoms with van der Waals surface area (Å²) in [5, 5.41) is 2.41. The van der Waals surface area contributed by atoms with E-state index in [0.29, 0.717) is 17.5 Å². The number of pyridine rings is 1. The van der Waals surface area contributed by atoms with Gasteiger partial charge in [0.05, 0.1) is 11.0 Å². The van der Waals surface area contributed by atoms with Crippen LogP contribution in [0, 0.1) is 0 Å². The standard InChI is InChI=1S/C46H31N5/c1-46(33-19-9-4-10-20-33)38-23-13-11-21-34(38)36-27-37-35-22-12-14-24-40(35)51(41(37)28-39(36)46)42-26-25-32(29-47-42)45-49-43(30-15-5-2-6-16-30)48-44(50-45)31-17-7-3-8-18-31/h2-29H,1H3. The number of aromatic nitrogens is 5. The molecule has 9 aromatic rings. The van der Waals surface area contributed by atoms with Crippen molar-refractivity contribution in [3.63, 3.8) is 0 Å². The van der Waals surface area contributed by atoms with Gasteiger partial charge in [-0.15, -0.1) is 0 Å². The summed E-state index contributed by atoms with van der Waals surface area (Å²) in [4.78, 5) is 19.8. The van der Waals surface area contributed by atoms with Crippen LogP contribution in [0.25, 0.3) is 72.9 Å². The largest absolute Gasteiger partial charge is 0.294 e. The molecule has 3 heterocycles. The zero-order valence-corrected chi connectivity index (χ0v) is 27.9. The highest BCUT2D eigenvalue weighted by Gasteiger charge is 2.41. The molecule has 1 aliphatic carbocycles. The fourth-order valence-corrected chi connectivity index (χ4v) is 7.87. The zero-order chi connectivity index (χ0) is 33.9. The molecule has 1 aliphatic rings. The van der Waals surface area contributed by atoms with Gasteiger partial charge in [-0.1, -0.05) is 133 Å². The third-order valence-electron chi connectivity index (χ3n) is 10.4. The van der Waals surface area contributed by atoms with E-state index in [1.54, 1.807) is 0 Å². The lowest BCUT2D eigenvalue weighted by atomic mass is 9.74. The molecule has 51 heavy (non-hydrogen) atoms. The molecular formula is C46H31N5. The molecule has 5 nitrogen and oxygen atoms in total. The molecule has 0 saturated carbocycles. The molecule has 1 atom stereocenters. The molecule has 0 fully saturated rings. The van der Waals surface area contributed by atoms with Crippen LogP contribution in [0.15, 0.2) is 170 Å². The SMILES string of the molecule is CC1(c2ccccc2)c2ccccc2-c2cc3c4ccccc4n(-c4ccc(-c5nc(-c6ccccc6)nc(-c6ccccc6)n5)cn4)c3cc21. The molecule has 10 rings (SSSR count). The van der Waals surface area contributed by atoms with Gasteiger partial charge < -0.3 is 0 Å². The third-order valence-corrected chi connectivity index (χ3v) is 10.4. The van der Waals surface area contributed by atoms with Crippen LogP contribution in [0.1, 0.15) is 23.6 Å². The summed E-state index contributed by atoms with van der Waals surface area (Å²) in [6.45, 7) is 2.36. The fourth-order valence-electron chi connectivity index (χ4n) is 7.87. The van der Waals surface area contributed by atoms with E-state index in [1.807, 2.05) is 66.9 Å². The Kier molecular flexibility index (Phi) is 6.55. The van der Waals surface area contributed by atoms with Gasteiger partial charge in [0, 0.05) is 39.1 Å². The Hall–Kier alpha value is -6.72. The molecule has 1 unspecified atom stereocenters. The second-order valence-electron chi connectivity index (χ2n) is 13.2. The molecule has 0 saturated heterocycles. The summed E-state index contributed by atoms with van der Waals surface area (Å²) in [6, 6.07) is 57.4. The second kappa shape index (κ2) is 11.4. The zero-order valence-electron chi connectivity index (χ0n) is 27.9. The van der Waals surface area contributed by atoms with Gasteiger partial charge >= 0.3 is 0 Å². The van der Waals surface area contributed by atoms with E-state index < -0.39 is 0 Å². The first-order valence-corrected chi connectivity index (χ1v) is 17.2. The Bertz CT molecular complexity index is 2680. The fraction of sp³-hybridized carbons (Fsp3) is 0.0435. The van der Waals surface area contributed by atoms with Crippen LogP contribution in [0.4, 0.5) is 0 Å². The summed E-state index contributed by atoms with van der Waals surface area (Å²) in [7, 11) is 0. The number of hydrogen-bond acceptors (Lipinski definition) is 4. The highest BCUT2D eigenvalue weighted by atomic mass is 15.1. The molecule has 6 aromatic carbocycles. The van der Waals surface area contributed by atoms with Crippen LogP contribution in [0.2, 0.25) is 0 Å². The first-order valence-electron chi connectivity index (χ1n) is 17.2. The molecule has 0 spiro atoms. The van der Waals surface area contributed by atoms with Crippen molar-refractivity contribution < 1.29 is 0 Å². The molecule has 0 bridgehead atoms. The average molecular weight is 654 g/mol. The van der Waals surface area contributed by atoms with E-state index in [1.165, 1.54) is 38.6 Å². The van der Waals surface area contributed by atoms with E-state index in [4.69, 9.17) is 19.9 Å². The molecule has 0 N–H and O–H groups in total. The van der Waals surface area contributed by atoms with Gasteiger partial charge in [-0.25, -0.2) is 19.9 Å². The maximum absolute atomic E-state index is 5.09. The Labute approximate surface area is 295 Å². The van der Waals surface area contributed by atoms with Crippen molar-refractivity contribution in [2.75, 3.05) is 0 Å². The van der Waals surface area contributed by atoms with Crippen LogP contribution < -0.4 is 0 Å². The van der Waals surface area contributed by atoms with Crippen LogP contribution >= 0.6 is 0 Å². The lowest BCUT2D eigenvalue weighted by Crippen LogP contribution is -2.22. The van der Waals surface area contributed by atoms with Crippen LogP contribution in [-0.2, 0) is 5.41 Å². The summed E-state index contributed by atoms with van der Waals surface area (Å²) >= 11 is 0. The van der Waals surface area contributed by atoms with Crippen molar-refractivity contribution in [2.24, 2.45) is 0 Å². The number of rotatable bonds is 5. The second-order valence-corrected chi connectivity index (χ2v) is 13.2. The van der Waals surface area contributed by atoms with Crippen LogP contribution in [-0.4, -0.2) is 24.5 Å². The Morgan fingerprint density at radius 2 is 1.04 bits per heavy atom. The van der Waals surface area contributed by atoms with Crippen LogP contribution in [0.3, 0.4) is 0 Å². The summed E-state index contributed by atoms with van der Waals surface area (Å²) < 4.78 is 2.29. The van der Waals surface area contributed by atoms with Gasteiger partial charge in [-0.2, -0.15) is 0 Å². The van der Waals surface area contributed by atoms with Crippen molar-refractivity contribution in [1.29, 1.82) is 0 Å². The number of benzene rings is 6. The predicted molar refractivity (Wildman–Crippen MR) is 206 cm³/mol. The van der Waals surface area contributed by atoms with Gasteiger partial charge in [-0.3, -0.25) is 4.57 Å². The van der Waals surface area contributed by atoms with Crippen molar-refractivity contribution in [3.8, 4) is 51.1 Å². The minimum atomic E-state index is -0.300. The lowest BCUT2D eigenvalue weighted by molar-refractivity contribution is 0.714. The van der Waals surface area contributed by atoms with E-state index in [0.717, 1.165) is 33.5 Å². The maximum atomic E-state index is 5.09. The van der Waals surface area contributed by atoms with Crippen molar-refractivity contribution in [2.45, 2.75) is 12.3 Å². The van der Waals surface area contributed by atoms with E-state index >= 15 is 0 Å². The molecule has 5 heteroatoms. The molecule has 0 radical (unpaired) electrons. The van der Waals surface area contributed by atoms with E-state index in [9.17, 15) is 0 Å². The van der Waals surface area contributed by atoms with Gasteiger partial charge in [0.15, 0.2) is 17.5 Å². The van der Waals surface area contributed by atoms with Crippen molar-refractivity contribution in [1.82, 2.24) is 24.5 Å².